The molecular weight excluding hydrogens is 352 g/mol. The van der Waals surface area contributed by atoms with Crippen LogP contribution >= 0.6 is 0 Å². The van der Waals surface area contributed by atoms with E-state index in [2.05, 4.69) is 47.3 Å². The van der Waals surface area contributed by atoms with Crippen LogP contribution in [0.2, 0.25) is 0 Å². The van der Waals surface area contributed by atoms with Gasteiger partial charge in [-0.25, -0.2) is 4.98 Å². The van der Waals surface area contributed by atoms with E-state index in [1.807, 2.05) is 19.9 Å². The zero-order chi connectivity index (χ0) is 20.0. The number of β-amino-alcohol motifs (C(OH)–C–C–N with tert-alkyl or cyclic N) is 1. The number of anilines is 1. The van der Waals surface area contributed by atoms with Crippen molar-refractivity contribution >= 4 is 22.6 Å². The molecule has 3 aromatic rings. The SMILES string of the molecule is Cc1cccc(C)c1CNc1nc(C(=O)N2CC(O)C2)cc2c(C)c(C)[nH]c12. The van der Waals surface area contributed by atoms with Crippen molar-refractivity contribution in [2.75, 3.05) is 18.4 Å². The fourth-order valence-corrected chi connectivity index (χ4v) is 3.77. The van der Waals surface area contributed by atoms with Crippen LogP contribution in [0.5, 0.6) is 0 Å². The summed E-state index contributed by atoms with van der Waals surface area (Å²) in [5.41, 5.74) is 7.20. The number of aliphatic hydroxyl groups excluding tert-OH is 1. The molecule has 6 nitrogen and oxygen atoms in total. The number of amides is 1. The van der Waals surface area contributed by atoms with Gasteiger partial charge in [-0.2, -0.15) is 0 Å². The molecular formula is C22H26N4O2. The van der Waals surface area contributed by atoms with Gasteiger partial charge in [-0.3, -0.25) is 4.79 Å². The molecule has 0 radical (unpaired) electrons. The number of rotatable bonds is 4. The van der Waals surface area contributed by atoms with Crippen LogP contribution in [0.4, 0.5) is 5.82 Å². The molecule has 3 N–H and O–H groups in total. The van der Waals surface area contributed by atoms with Gasteiger partial charge in [0.2, 0.25) is 0 Å². The minimum atomic E-state index is -0.425. The van der Waals surface area contributed by atoms with Gasteiger partial charge in [0, 0.05) is 30.7 Å². The molecule has 0 aliphatic carbocycles. The van der Waals surface area contributed by atoms with E-state index in [0.29, 0.717) is 31.1 Å². The van der Waals surface area contributed by atoms with E-state index in [4.69, 9.17) is 0 Å². The second kappa shape index (κ2) is 6.95. The summed E-state index contributed by atoms with van der Waals surface area (Å²) in [6.07, 6.45) is -0.425. The minimum absolute atomic E-state index is 0.138. The summed E-state index contributed by atoms with van der Waals surface area (Å²) in [5, 5.41) is 14.0. The lowest BCUT2D eigenvalue weighted by atomic mass is 10.0. The monoisotopic (exact) mass is 378 g/mol. The molecule has 146 valence electrons. The fourth-order valence-electron chi connectivity index (χ4n) is 3.77. The van der Waals surface area contributed by atoms with Crippen LogP contribution in [0, 0.1) is 27.7 Å². The first-order valence-electron chi connectivity index (χ1n) is 9.61. The molecule has 0 unspecified atom stereocenters. The predicted molar refractivity (Wildman–Crippen MR) is 111 cm³/mol. The highest BCUT2D eigenvalue weighted by Crippen LogP contribution is 2.29. The van der Waals surface area contributed by atoms with Gasteiger partial charge in [-0.1, -0.05) is 18.2 Å². The molecule has 4 rings (SSSR count). The van der Waals surface area contributed by atoms with Crippen molar-refractivity contribution in [3.63, 3.8) is 0 Å². The third-order valence-electron chi connectivity index (χ3n) is 5.74. The number of benzene rings is 1. The van der Waals surface area contributed by atoms with E-state index >= 15 is 0 Å². The van der Waals surface area contributed by atoms with Crippen molar-refractivity contribution in [2.24, 2.45) is 0 Å². The van der Waals surface area contributed by atoms with E-state index in [1.54, 1.807) is 4.90 Å². The van der Waals surface area contributed by atoms with Gasteiger partial charge in [0.05, 0.1) is 11.6 Å². The largest absolute Gasteiger partial charge is 0.389 e. The number of aliphatic hydroxyl groups is 1. The van der Waals surface area contributed by atoms with Gasteiger partial charge >= 0.3 is 0 Å². The molecule has 0 saturated carbocycles. The average molecular weight is 378 g/mol. The van der Waals surface area contributed by atoms with Crippen molar-refractivity contribution < 1.29 is 9.90 Å². The Bertz CT molecular complexity index is 1040. The summed E-state index contributed by atoms with van der Waals surface area (Å²) < 4.78 is 0. The molecule has 3 heterocycles. The highest BCUT2D eigenvalue weighted by atomic mass is 16.3. The van der Waals surface area contributed by atoms with Crippen molar-refractivity contribution in [2.45, 2.75) is 40.3 Å². The van der Waals surface area contributed by atoms with Crippen LogP contribution in [0.1, 0.15) is 38.4 Å². The molecule has 0 spiro atoms. The lowest BCUT2D eigenvalue weighted by molar-refractivity contribution is 0.00553. The lowest BCUT2D eigenvalue weighted by Crippen LogP contribution is -2.53. The lowest BCUT2D eigenvalue weighted by Gasteiger charge is -2.35. The van der Waals surface area contributed by atoms with Gasteiger partial charge in [0.15, 0.2) is 5.82 Å². The van der Waals surface area contributed by atoms with E-state index in [0.717, 1.165) is 22.2 Å². The number of aromatic amines is 1. The van der Waals surface area contributed by atoms with Crippen LogP contribution in [-0.4, -0.2) is 45.1 Å². The Balaban J connectivity index is 1.71. The molecule has 1 aliphatic heterocycles. The maximum Gasteiger partial charge on any atom is 0.272 e. The molecule has 1 saturated heterocycles. The Kier molecular flexibility index (Phi) is 4.59. The highest BCUT2D eigenvalue weighted by Gasteiger charge is 2.31. The highest BCUT2D eigenvalue weighted by molar-refractivity contribution is 6.01. The summed E-state index contributed by atoms with van der Waals surface area (Å²) in [6, 6.07) is 8.12. The minimum Gasteiger partial charge on any atom is -0.389 e. The number of carbonyl (C=O) groups is 1. The number of likely N-dealkylation sites (tertiary alicyclic amines) is 1. The number of nitrogens with one attached hydrogen (secondary N) is 2. The Hall–Kier alpha value is -2.86. The van der Waals surface area contributed by atoms with Gasteiger partial charge in [-0.05, 0) is 56.0 Å². The maximum atomic E-state index is 12.8. The average Bonchev–Trinajstić information content (AvgIpc) is 2.92. The molecule has 0 atom stereocenters. The molecule has 1 fully saturated rings. The third kappa shape index (κ3) is 3.14. The number of carbonyl (C=O) groups excluding carboxylic acids is 1. The Morgan fingerprint density at radius 1 is 1.25 bits per heavy atom. The summed E-state index contributed by atoms with van der Waals surface area (Å²) >= 11 is 0. The molecule has 2 aromatic heterocycles. The van der Waals surface area contributed by atoms with Gasteiger partial charge in [0.1, 0.15) is 5.69 Å². The van der Waals surface area contributed by atoms with E-state index in [9.17, 15) is 9.90 Å². The molecule has 1 aliphatic rings. The first kappa shape index (κ1) is 18.5. The first-order valence-corrected chi connectivity index (χ1v) is 9.61. The number of H-pyrrole nitrogens is 1. The number of aryl methyl sites for hydroxylation is 4. The maximum absolute atomic E-state index is 12.8. The van der Waals surface area contributed by atoms with Crippen LogP contribution in [0.15, 0.2) is 24.3 Å². The van der Waals surface area contributed by atoms with Crippen LogP contribution in [0.25, 0.3) is 10.9 Å². The number of pyridine rings is 1. The standard InChI is InChI=1S/C22H26N4O2/c1-12-6-5-7-13(2)18(12)9-23-21-20-17(14(3)15(4)24-20)8-19(25-21)22(28)26-10-16(27)11-26/h5-8,16,24,27H,9-11H2,1-4H3,(H,23,25). The summed E-state index contributed by atoms with van der Waals surface area (Å²) in [7, 11) is 0. The Labute approximate surface area is 164 Å². The fraction of sp³-hybridized carbons (Fsp3) is 0.364. The molecule has 1 aromatic carbocycles. The van der Waals surface area contributed by atoms with Gasteiger partial charge in [-0.15, -0.1) is 0 Å². The van der Waals surface area contributed by atoms with Gasteiger partial charge < -0.3 is 20.3 Å². The Morgan fingerprint density at radius 3 is 2.57 bits per heavy atom. The molecule has 0 bridgehead atoms. The van der Waals surface area contributed by atoms with Crippen molar-refractivity contribution in [1.29, 1.82) is 0 Å². The topological polar surface area (TPSA) is 81.2 Å². The number of hydrogen-bond donors (Lipinski definition) is 3. The van der Waals surface area contributed by atoms with Crippen LogP contribution in [0.3, 0.4) is 0 Å². The van der Waals surface area contributed by atoms with E-state index < -0.39 is 6.10 Å². The first-order chi connectivity index (χ1) is 13.3. The predicted octanol–water partition coefficient (Wildman–Crippen LogP) is 3.23. The smallest absolute Gasteiger partial charge is 0.272 e. The second-order valence-corrected chi connectivity index (χ2v) is 7.74. The zero-order valence-electron chi connectivity index (χ0n) is 16.8. The van der Waals surface area contributed by atoms with Crippen molar-refractivity contribution in [1.82, 2.24) is 14.9 Å². The number of aromatic nitrogens is 2. The van der Waals surface area contributed by atoms with Crippen molar-refractivity contribution in [3.8, 4) is 0 Å². The second-order valence-electron chi connectivity index (χ2n) is 7.74. The summed E-state index contributed by atoms with van der Waals surface area (Å²) in [6.45, 7) is 9.65. The Morgan fingerprint density at radius 2 is 1.93 bits per heavy atom. The normalized spacial score (nSPS) is 14.4. The molecule has 1 amide bonds. The third-order valence-corrected chi connectivity index (χ3v) is 5.74. The number of hydrogen-bond acceptors (Lipinski definition) is 4. The van der Waals surface area contributed by atoms with E-state index in [1.165, 1.54) is 16.7 Å². The van der Waals surface area contributed by atoms with Crippen molar-refractivity contribution in [3.05, 3.63) is 57.9 Å². The molecule has 6 heteroatoms. The van der Waals surface area contributed by atoms with Crippen LogP contribution < -0.4 is 5.32 Å². The zero-order valence-corrected chi connectivity index (χ0v) is 16.8. The summed E-state index contributed by atoms with van der Waals surface area (Å²) in [4.78, 5) is 22.5. The van der Waals surface area contributed by atoms with Crippen LogP contribution in [-0.2, 0) is 6.54 Å². The van der Waals surface area contributed by atoms with Gasteiger partial charge in [0.25, 0.3) is 5.91 Å². The number of nitrogens with zero attached hydrogens (tertiary/aromatic N) is 2. The quantitative estimate of drug-likeness (QED) is 0.651. The van der Waals surface area contributed by atoms with E-state index in [-0.39, 0.29) is 5.91 Å². The number of fused-ring (bicyclic) bond motifs is 1. The summed E-state index contributed by atoms with van der Waals surface area (Å²) in [5.74, 6) is 0.543. The molecule has 28 heavy (non-hydrogen) atoms.